The van der Waals surface area contributed by atoms with E-state index in [9.17, 15) is 15.0 Å². The molecule has 55 heavy (non-hydrogen) atoms. The zero-order valence-electron chi connectivity index (χ0n) is 37.4. The van der Waals surface area contributed by atoms with Gasteiger partial charge in [-0.3, -0.25) is 19.5 Å². The molecule has 7 unspecified atom stereocenters. The first-order valence-electron chi connectivity index (χ1n) is 24.7. The minimum atomic E-state index is -1.03. The van der Waals surface area contributed by atoms with Crippen LogP contribution in [0.15, 0.2) is 0 Å². The lowest BCUT2D eigenvalue weighted by Crippen LogP contribution is -2.58. The summed E-state index contributed by atoms with van der Waals surface area (Å²) in [5.41, 5.74) is 0. The van der Waals surface area contributed by atoms with Crippen molar-refractivity contribution in [2.24, 2.45) is 0 Å². The number of aliphatic hydroxyl groups excluding tert-OH is 2. The predicted octanol–water partition coefficient (Wildman–Crippen LogP) is 11.9. The van der Waals surface area contributed by atoms with E-state index in [4.69, 9.17) is 4.74 Å². The lowest BCUT2D eigenvalue weighted by atomic mass is 10.1. The van der Waals surface area contributed by atoms with E-state index < -0.39 is 11.9 Å². The standard InChI is InChI=1S/C48H93N3O4/c1-7-13-19-25-31-41-42(32-26-20-14-8-2)49(41)48(37-47(54)55-39-40(53)38-52,50-43(33-27-21-15-9-3)44(50)34-28-22-16-10-4)51-45(35-29-23-17-11-5)46(51)36-30-24-18-12-6/h40-46,52-53H,7-39H2,1-6H3. The SMILES string of the molecule is CCCCCCC1C(CCCCCC)N1C(CC(=O)OCC(O)CO)(N1C(CCCCCC)C1CCCCCC)N1C(CCCCCC)C1CCCCCC. The molecule has 0 aliphatic carbocycles. The van der Waals surface area contributed by atoms with Gasteiger partial charge in [0.1, 0.15) is 18.5 Å². The molecule has 7 nitrogen and oxygen atoms in total. The van der Waals surface area contributed by atoms with Crippen LogP contribution in [-0.2, 0) is 9.53 Å². The fourth-order valence-electron chi connectivity index (χ4n) is 10.4. The van der Waals surface area contributed by atoms with E-state index in [2.05, 4.69) is 56.2 Å². The van der Waals surface area contributed by atoms with Gasteiger partial charge < -0.3 is 14.9 Å². The zero-order valence-corrected chi connectivity index (χ0v) is 37.4. The minimum Gasteiger partial charge on any atom is -0.463 e. The number of esters is 1. The average molecular weight is 776 g/mol. The van der Waals surface area contributed by atoms with Gasteiger partial charge in [-0.05, 0) is 38.5 Å². The normalized spacial score (nSPS) is 28.5. The van der Waals surface area contributed by atoms with E-state index in [1.807, 2.05) is 0 Å². The predicted molar refractivity (Wildman–Crippen MR) is 232 cm³/mol. The summed E-state index contributed by atoms with van der Waals surface area (Å²) in [5.74, 6) is -0.668. The Hall–Kier alpha value is -0.730. The lowest BCUT2D eigenvalue weighted by molar-refractivity contribution is -0.158. The van der Waals surface area contributed by atoms with Crippen LogP contribution in [0, 0.1) is 0 Å². The fraction of sp³-hybridized carbons (Fsp3) is 0.979. The quantitative estimate of drug-likeness (QED) is 0.0367. The molecule has 0 spiro atoms. The van der Waals surface area contributed by atoms with E-state index in [-0.39, 0.29) is 19.2 Å². The second-order valence-corrected chi connectivity index (χ2v) is 18.2. The number of nitrogens with zero attached hydrogens (tertiary/aromatic N) is 3. The summed E-state index contributed by atoms with van der Waals surface area (Å²) < 4.78 is 5.95. The molecule has 3 saturated heterocycles. The van der Waals surface area contributed by atoms with Crippen molar-refractivity contribution in [3.05, 3.63) is 0 Å². The van der Waals surface area contributed by atoms with Gasteiger partial charge in [0.2, 0.25) is 0 Å². The molecule has 0 bridgehead atoms. The van der Waals surface area contributed by atoms with Crippen molar-refractivity contribution in [3.63, 3.8) is 0 Å². The third-order valence-corrected chi connectivity index (χ3v) is 13.6. The fourth-order valence-corrected chi connectivity index (χ4v) is 10.4. The largest absolute Gasteiger partial charge is 0.463 e. The van der Waals surface area contributed by atoms with Gasteiger partial charge in [0.15, 0.2) is 0 Å². The van der Waals surface area contributed by atoms with E-state index in [1.54, 1.807) is 0 Å². The highest BCUT2D eigenvalue weighted by molar-refractivity contribution is 5.71. The Balaban J connectivity index is 2.12. The molecule has 3 heterocycles. The Labute approximate surface area is 341 Å². The van der Waals surface area contributed by atoms with Crippen molar-refractivity contribution in [2.45, 2.75) is 289 Å². The van der Waals surface area contributed by atoms with Crippen LogP contribution in [0.5, 0.6) is 0 Å². The van der Waals surface area contributed by atoms with Gasteiger partial charge in [0, 0.05) is 36.3 Å². The molecule has 0 aromatic rings. The Morgan fingerprint density at radius 2 is 0.727 bits per heavy atom. The molecule has 2 N–H and O–H groups in total. The smallest absolute Gasteiger partial charge is 0.310 e. The van der Waals surface area contributed by atoms with Crippen molar-refractivity contribution in [1.82, 2.24) is 14.7 Å². The van der Waals surface area contributed by atoms with Crippen molar-refractivity contribution >= 4 is 5.97 Å². The number of rotatable bonds is 38. The highest BCUT2D eigenvalue weighted by Gasteiger charge is 2.75. The van der Waals surface area contributed by atoms with Crippen LogP contribution in [0.25, 0.3) is 0 Å². The van der Waals surface area contributed by atoms with Crippen LogP contribution >= 0.6 is 0 Å². The first kappa shape index (κ1) is 48.6. The van der Waals surface area contributed by atoms with Crippen molar-refractivity contribution in [3.8, 4) is 0 Å². The van der Waals surface area contributed by atoms with Crippen LogP contribution in [0.2, 0.25) is 0 Å². The zero-order chi connectivity index (χ0) is 39.9. The number of ether oxygens (including phenoxy) is 1. The summed E-state index contributed by atoms with van der Waals surface area (Å²) in [5, 5.41) is 19.9. The summed E-state index contributed by atoms with van der Waals surface area (Å²) in [6.45, 7) is 13.4. The van der Waals surface area contributed by atoms with E-state index in [0.717, 1.165) is 0 Å². The van der Waals surface area contributed by atoms with Crippen molar-refractivity contribution in [2.75, 3.05) is 13.2 Å². The van der Waals surface area contributed by atoms with E-state index in [0.29, 0.717) is 42.7 Å². The molecule has 3 aliphatic rings. The minimum absolute atomic E-state index is 0.131. The molecule has 0 saturated carbocycles. The molecule has 3 aliphatic heterocycles. The van der Waals surface area contributed by atoms with Gasteiger partial charge >= 0.3 is 5.97 Å². The summed E-state index contributed by atoms with van der Waals surface area (Å²) >= 11 is 0. The van der Waals surface area contributed by atoms with Gasteiger partial charge in [-0.15, -0.1) is 0 Å². The molecule has 0 radical (unpaired) electrons. The molecule has 7 atom stereocenters. The number of carbonyl (C=O) groups excluding carboxylic acids is 1. The number of hydrogen-bond acceptors (Lipinski definition) is 7. The number of hydrogen-bond donors (Lipinski definition) is 2. The first-order valence-corrected chi connectivity index (χ1v) is 24.7. The summed E-state index contributed by atoms with van der Waals surface area (Å²) in [6, 6.07) is 3.07. The van der Waals surface area contributed by atoms with Crippen LogP contribution in [0.1, 0.15) is 241 Å². The van der Waals surface area contributed by atoms with E-state index in [1.165, 1.54) is 193 Å². The molecular weight excluding hydrogens is 683 g/mol. The molecule has 0 amide bonds. The van der Waals surface area contributed by atoms with Crippen LogP contribution < -0.4 is 0 Å². The second-order valence-electron chi connectivity index (χ2n) is 18.2. The van der Waals surface area contributed by atoms with E-state index >= 15 is 0 Å². The van der Waals surface area contributed by atoms with Crippen LogP contribution in [0.4, 0.5) is 0 Å². The summed E-state index contributed by atoms with van der Waals surface area (Å²) in [4.78, 5) is 23.2. The Morgan fingerprint density at radius 3 is 0.945 bits per heavy atom. The molecule has 0 aromatic heterocycles. The average Bonchev–Trinajstić information content (AvgIpc) is 4.14. The summed E-state index contributed by atoms with van der Waals surface area (Å²) in [7, 11) is 0. The highest BCUT2D eigenvalue weighted by Crippen LogP contribution is 2.60. The summed E-state index contributed by atoms with van der Waals surface area (Å²) in [6.07, 6.45) is 37.4. The molecule has 3 rings (SSSR count). The Bertz CT molecular complexity index is 829. The maximum atomic E-state index is 14.4. The van der Waals surface area contributed by atoms with Crippen LogP contribution in [-0.4, -0.2) is 92.2 Å². The van der Waals surface area contributed by atoms with Gasteiger partial charge in [-0.25, -0.2) is 0 Å². The highest BCUT2D eigenvalue weighted by atomic mass is 16.5. The topological polar surface area (TPSA) is 75.8 Å². The lowest BCUT2D eigenvalue weighted by Gasteiger charge is -2.42. The third-order valence-electron chi connectivity index (χ3n) is 13.6. The molecule has 3 fully saturated rings. The number of unbranched alkanes of at least 4 members (excludes halogenated alkanes) is 18. The molecule has 324 valence electrons. The molecular formula is C48H93N3O4. The van der Waals surface area contributed by atoms with Crippen molar-refractivity contribution in [1.29, 1.82) is 0 Å². The maximum Gasteiger partial charge on any atom is 0.310 e. The number of aliphatic hydroxyl groups is 2. The van der Waals surface area contributed by atoms with Gasteiger partial charge in [-0.1, -0.05) is 196 Å². The van der Waals surface area contributed by atoms with Gasteiger partial charge in [0.05, 0.1) is 13.0 Å². The monoisotopic (exact) mass is 776 g/mol. The van der Waals surface area contributed by atoms with Crippen LogP contribution in [0.3, 0.4) is 0 Å². The van der Waals surface area contributed by atoms with Gasteiger partial charge in [-0.2, -0.15) is 0 Å². The molecule has 0 aromatic carbocycles. The second kappa shape index (κ2) is 27.9. The van der Waals surface area contributed by atoms with Gasteiger partial charge in [0.25, 0.3) is 0 Å². The third kappa shape index (κ3) is 15.4. The Kier molecular flexibility index (Phi) is 24.6. The first-order chi connectivity index (χ1) is 26.9. The maximum absolute atomic E-state index is 14.4. The van der Waals surface area contributed by atoms with Crippen molar-refractivity contribution < 1.29 is 19.7 Å². The Morgan fingerprint density at radius 1 is 0.473 bits per heavy atom. The molecule has 7 heteroatoms. The number of carbonyl (C=O) groups is 1.